The highest BCUT2D eigenvalue weighted by Crippen LogP contribution is 2.39. The molecule has 0 radical (unpaired) electrons. The molecule has 0 aliphatic carbocycles. The van der Waals surface area contributed by atoms with Gasteiger partial charge in [-0.05, 0) is 24.3 Å². The molecule has 0 bridgehead atoms. The maximum absolute atomic E-state index is 13.1. The molecule has 0 amide bonds. The Kier molecular flexibility index (Phi) is 3.54. The molecule has 2 N–H and O–H groups in total. The second-order valence-electron chi connectivity index (χ2n) is 6.49. The summed E-state index contributed by atoms with van der Waals surface area (Å²) in [6.45, 7) is 0.262. The summed E-state index contributed by atoms with van der Waals surface area (Å²) >= 11 is 0. The monoisotopic (exact) mass is 360 g/mol. The number of aliphatic hydroxyl groups is 1. The van der Waals surface area contributed by atoms with Crippen molar-refractivity contribution in [1.29, 1.82) is 0 Å². The maximum Gasteiger partial charge on any atom is 0.226 e. The van der Waals surface area contributed by atoms with Gasteiger partial charge in [0.25, 0.3) is 0 Å². The molecule has 134 valence electrons. The molecule has 4 aromatic rings. The highest BCUT2D eigenvalue weighted by atomic mass is 16.3. The van der Waals surface area contributed by atoms with Crippen LogP contribution in [0.4, 0.5) is 5.95 Å². The second-order valence-corrected chi connectivity index (χ2v) is 6.49. The van der Waals surface area contributed by atoms with E-state index >= 15 is 0 Å². The van der Waals surface area contributed by atoms with Gasteiger partial charge in [0.15, 0.2) is 5.43 Å². The predicted molar refractivity (Wildman–Crippen MR) is 99.3 cm³/mol. The summed E-state index contributed by atoms with van der Waals surface area (Å²) in [5.74, 6) is 1.13. The Morgan fingerprint density at radius 1 is 1.22 bits per heavy atom. The van der Waals surface area contributed by atoms with Gasteiger partial charge in [0.05, 0.1) is 25.1 Å². The van der Waals surface area contributed by atoms with E-state index in [1.54, 1.807) is 24.5 Å². The van der Waals surface area contributed by atoms with E-state index in [9.17, 15) is 9.90 Å². The first kappa shape index (κ1) is 15.8. The van der Waals surface area contributed by atoms with Crippen molar-refractivity contribution in [2.75, 3.05) is 4.90 Å². The summed E-state index contributed by atoms with van der Waals surface area (Å²) < 4.78 is 5.72. The van der Waals surface area contributed by atoms with Gasteiger partial charge in [0.2, 0.25) is 5.95 Å². The average Bonchev–Trinajstić information content (AvgIpc) is 3.33. The summed E-state index contributed by atoms with van der Waals surface area (Å²) in [6.07, 6.45) is 4.86. The quantitative estimate of drug-likeness (QED) is 0.583. The first-order valence-electron chi connectivity index (χ1n) is 8.62. The summed E-state index contributed by atoms with van der Waals surface area (Å²) in [6, 6.07) is 10.6. The molecule has 5 rings (SSSR count). The van der Waals surface area contributed by atoms with Gasteiger partial charge in [-0.2, -0.15) is 0 Å². The fourth-order valence-corrected chi connectivity index (χ4v) is 3.65. The van der Waals surface area contributed by atoms with Gasteiger partial charge in [-0.1, -0.05) is 12.1 Å². The maximum atomic E-state index is 13.1. The number of aromatic nitrogens is 3. The SMILES string of the molecule is O=c1c2c([nH]c3ccccc13)C(c1cc(CO)co1)N(c1ncccn1)C2. The molecule has 1 atom stereocenters. The predicted octanol–water partition coefficient (Wildman–Crippen LogP) is 2.51. The lowest BCUT2D eigenvalue weighted by Crippen LogP contribution is -2.24. The van der Waals surface area contributed by atoms with Crippen LogP contribution in [0.3, 0.4) is 0 Å². The minimum absolute atomic E-state index is 0.00304. The van der Waals surface area contributed by atoms with Gasteiger partial charge >= 0.3 is 0 Å². The third-order valence-electron chi connectivity index (χ3n) is 4.89. The van der Waals surface area contributed by atoms with Crippen LogP contribution in [0, 0.1) is 0 Å². The van der Waals surface area contributed by atoms with Crippen molar-refractivity contribution < 1.29 is 9.52 Å². The highest BCUT2D eigenvalue weighted by molar-refractivity contribution is 5.80. The number of nitrogens with one attached hydrogen (secondary N) is 1. The Morgan fingerprint density at radius 2 is 2.04 bits per heavy atom. The fourth-order valence-electron chi connectivity index (χ4n) is 3.65. The minimum atomic E-state index is -0.375. The molecule has 1 unspecified atom stereocenters. The molecule has 1 aromatic carbocycles. The number of nitrogens with zero attached hydrogens (tertiary/aromatic N) is 3. The number of furan rings is 1. The molecule has 7 nitrogen and oxygen atoms in total. The number of para-hydroxylation sites is 1. The first-order chi connectivity index (χ1) is 13.3. The third kappa shape index (κ3) is 2.43. The van der Waals surface area contributed by atoms with E-state index in [0.717, 1.165) is 11.2 Å². The highest BCUT2D eigenvalue weighted by Gasteiger charge is 2.38. The number of pyridine rings is 1. The Labute approximate surface area is 153 Å². The topological polar surface area (TPSA) is 95.2 Å². The van der Waals surface area contributed by atoms with Crippen LogP contribution in [-0.4, -0.2) is 20.1 Å². The van der Waals surface area contributed by atoms with Crippen LogP contribution in [0.15, 0.2) is 64.3 Å². The van der Waals surface area contributed by atoms with Crippen molar-refractivity contribution in [2.24, 2.45) is 0 Å². The normalized spacial score (nSPS) is 16.0. The second kappa shape index (κ2) is 6.07. The van der Waals surface area contributed by atoms with Crippen LogP contribution >= 0.6 is 0 Å². The van der Waals surface area contributed by atoms with Crippen molar-refractivity contribution in [2.45, 2.75) is 19.2 Å². The van der Waals surface area contributed by atoms with Crippen LogP contribution in [0.5, 0.6) is 0 Å². The molecule has 0 spiro atoms. The molecule has 4 heterocycles. The summed E-state index contributed by atoms with van der Waals surface area (Å²) in [5, 5.41) is 10.1. The van der Waals surface area contributed by atoms with E-state index in [1.807, 2.05) is 29.2 Å². The molecular weight excluding hydrogens is 344 g/mol. The Bertz CT molecular complexity index is 1180. The number of anilines is 1. The Hall–Kier alpha value is -3.45. The number of aromatic amines is 1. The van der Waals surface area contributed by atoms with Crippen LogP contribution < -0.4 is 10.3 Å². The minimum Gasteiger partial charge on any atom is -0.466 e. The van der Waals surface area contributed by atoms with Gasteiger partial charge in [-0.3, -0.25) is 4.79 Å². The van der Waals surface area contributed by atoms with E-state index < -0.39 is 0 Å². The third-order valence-corrected chi connectivity index (χ3v) is 4.89. The van der Waals surface area contributed by atoms with Crippen LogP contribution in [0.1, 0.15) is 28.6 Å². The lowest BCUT2D eigenvalue weighted by molar-refractivity contribution is 0.280. The fraction of sp³-hybridized carbons (Fsp3) is 0.150. The summed E-state index contributed by atoms with van der Waals surface area (Å²) in [7, 11) is 0. The Balaban J connectivity index is 1.75. The van der Waals surface area contributed by atoms with E-state index in [2.05, 4.69) is 15.0 Å². The van der Waals surface area contributed by atoms with Crippen molar-refractivity contribution in [3.8, 4) is 0 Å². The number of benzene rings is 1. The number of H-pyrrole nitrogens is 1. The van der Waals surface area contributed by atoms with Crippen LogP contribution in [0.25, 0.3) is 10.9 Å². The molecule has 0 saturated carbocycles. The zero-order valence-corrected chi connectivity index (χ0v) is 14.3. The number of rotatable bonds is 3. The zero-order chi connectivity index (χ0) is 18.4. The van der Waals surface area contributed by atoms with Gasteiger partial charge in [0.1, 0.15) is 11.8 Å². The molecular formula is C20H16N4O3. The number of fused-ring (bicyclic) bond motifs is 2. The van der Waals surface area contributed by atoms with Gasteiger partial charge < -0.3 is 19.4 Å². The first-order valence-corrected chi connectivity index (χ1v) is 8.62. The average molecular weight is 360 g/mol. The number of hydrogen-bond donors (Lipinski definition) is 2. The van der Waals surface area contributed by atoms with E-state index in [0.29, 0.717) is 34.8 Å². The smallest absolute Gasteiger partial charge is 0.226 e. The van der Waals surface area contributed by atoms with Gasteiger partial charge in [0, 0.05) is 34.4 Å². The lowest BCUT2D eigenvalue weighted by atomic mass is 10.1. The van der Waals surface area contributed by atoms with Crippen LogP contribution in [0.2, 0.25) is 0 Å². The molecule has 1 aliphatic rings. The summed E-state index contributed by atoms with van der Waals surface area (Å²) in [4.78, 5) is 27.1. The lowest BCUT2D eigenvalue weighted by Gasteiger charge is -2.23. The molecule has 27 heavy (non-hydrogen) atoms. The van der Waals surface area contributed by atoms with E-state index in [4.69, 9.17) is 4.42 Å². The van der Waals surface area contributed by atoms with Crippen molar-refractivity contribution in [1.82, 2.24) is 15.0 Å². The van der Waals surface area contributed by atoms with E-state index in [1.165, 1.54) is 6.26 Å². The van der Waals surface area contributed by atoms with E-state index in [-0.39, 0.29) is 18.1 Å². The van der Waals surface area contributed by atoms with Gasteiger partial charge in [-0.25, -0.2) is 9.97 Å². The largest absolute Gasteiger partial charge is 0.466 e. The van der Waals surface area contributed by atoms with Crippen molar-refractivity contribution >= 4 is 16.9 Å². The molecule has 1 aliphatic heterocycles. The Morgan fingerprint density at radius 3 is 2.81 bits per heavy atom. The number of aliphatic hydroxyl groups excluding tert-OH is 1. The molecule has 0 fully saturated rings. The van der Waals surface area contributed by atoms with Gasteiger partial charge in [-0.15, -0.1) is 0 Å². The molecule has 3 aromatic heterocycles. The zero-order valence-electron chi connectivity index (χ0n) is 14.3. The van der Waals surface area contributed by atoms with Crippen molar-refractivity contribution in [3.63, 3.8) is 0 Å². The number of hydrogen-bond acceptors (Lipinski definition) is 6. The standard InChI is InChI=1S/C20H16N4O3/c25-10-12-8-16(27-11-12)18-17-14(9-24(18)20-21-6-3-7-22-20)19(26)13-4-1-2-5-15(13)23-17/h1-8,11,18,25H,9-10H2,(H,23,26). The summed E-state index contributed by atoms with van der Waals surface area (Å²) in [5.41, 5.74) is 2.89. The van der Waals surface area contributed by atoms with Crippen LogP contribution in [-0.2, 0) is 13.2 Å². The molecule has 7 heteroatoms. The molecule has 0 saturated heterocycles. The van der Waals surface area contributed by atoms with Crippen molar-refractivity contribution in [3.05, 3.63) is 87.9 Å².